The van der Waals surface area contributed by atoms with Gasteiger partial charge >= 0.3 is 0 Å². The second-order valence-electron chi connectivity index (χ2n) is 40.5. The standard InChI is InChI=1S/C46H36N2O.C44H32N2O.C44H32N2S/c1-45(2)46(3,4)49-44(48-45)37-25-36(27-47-28-37)33-21-22-40-41(26-33)43(35-20-18-30-12-6-8-14-32(30)24-35)39-16-10-9-15-38(39)42(40)34-19-17-29-11-5-7-13-31(29)23-34;2*1-44(2)27-46-43(47-44)36-23-35(25-45-26-36)32-19-20-39-40(24-32)42(34-18-16-29-10-4-6-12-31(29)22-34)38-14-8-7-13-37(38)41(39)33-17-15-28-9-3-5-11-30(28)21-33/h5-28H,1-4H3;2*3-26H,27H2,1-2H3. The average Bonchev–Trinajstić information content (AvgIpc) is 1.69. The Hall–Kier alpha value is -16.9. The topological polar surface area (TPSA) is 94.2 Å². The van der Waals surface area contributed by atoms with Gasteiger partial charge in [-0.05, 0) is 341 Å². The van der Waals surface area contributed by atoms with Crippen LogP contribution in [0.3, 0.4) is 0 Å². The van der Waals surface area contributed by atoms with Crippen molar-refractivity contribution in [1.29, 1.82) is 0 Å². The lowest BCUT2D eigenvalue weighted by Crippen LogP contribution is -2.41. The molecule has 0 saturated heterocycles. The monoisotopic (exact) mass is 1860 g/mol. The smallest absolute Gasteiger partial charge is 0.218 e. The van der Waals surface area contributed by atoms with Crippen LogP contribution < -0.4 is 0 Å². The van der Waals surface area contributed by atoms with Crippen molar-refractivity contribution < 1.29 is 9.47 Å². The summed E-state index contributed by atoms with van der Waals surface area (Å²) in [6, 6.07) is 147. The molecule has 8 nitrogen and oxygen atoms in total. The lowest BCUT2D eigenvalue weighted by Gasteiger charge is -2.30. The Bertz CT molecular complexity index is 9130. The number of benzene rings is 21. The lowest BCUT2D eigenvalue weighted by molar-refractivity contribution is 0.0619. The summed E-state index contributed by atoms with van der Waals surface area (Å²) in [4.78, 5) is 28.5. The van der Waals surface area contributed by atoms with Gasteiger partial charge in [0.15, 0.2) is 0 Å². The zero-order chi connectivity index (χ0) is 96.4. The molecule has 0 radical (unpaired) electrons. The summed E-state index contributed by atoms with van der Waals surface area (Å²) in [6.45, 7) is 18.5. The number of hydrogen-bond acceptors (Lipinski definition) is 9. The summed E-state index contributed by atoms with van der Waals surface area (Å²) < 4.78 is 12.7. The van der Waals surface area contributed by atoms with E-state index in [-0.39, 0.29) is 15.9 Å². The fraction of sp³-hybridized carbons (Fsp3) is 0.104. The highest BCUT2D eigenvalue weighted by Gasteiger charge is 2.46. The molecule has 684 valence electrons. The second-order valence-corrected chi connectivity index (χ2v) is 42.2. The molecular formula is C134H100N6O2S. The van der Waals surface area contributed by atoms with Crippen LogP contribution in [0.1, 0.15) is 72.1 Å². The van der Waals surface area contributed by atoms with E-state index in [9.17, 15) is 0 Å². The second kappa shape index (κ2) is 35.2. The van der Waals surface area contributed by atoms with Crippen LogP contribution in [0.15, 0.2) is 453 Å². The molecular weight excluding hydrogens is 1760 g/mol. The Labute approximate surface area is 835 Å². The maximum absolute atomic E-state index is 6.38. The van der Waals surface area contributed by atoms with Crippen LogP contribution in [0.2, 0.25) is 0 Å². The lowest BCUT2D eigenvalue weighted by atomic mass is 9.84. The molecule has 0 N–H and O–H groups in total. The van der Waals surface area contributed by atoms with Crippen LogP contribution in [0, 0.1) is 0 Å². The minimum atomic E-state index is -0.406. The molecule has 0 saturated carbocycles. The Balaban J connectivity index is 0.000000113. The first-order chi connectivity index (χ1) is 69.8. The molecule has 0 bridgehead atoms. The van der Waals surface area contributed by atoms with Gasteiger partial charge in [0.05, 0.1) is 34.8 Å². The third kappa shape index (κ3) is 16.2. The van der Waals surface area contributed by atoms with E-state index in [1.165, 1.54) is 196 Å². The Morgan fingerprint density at radius 1 is 0.203 bits per heavy atom. The molecule has 6 heterocycles. The van der Waals surface area contributed by atoms with E-state index in [2.05, 4.69) is 471 Å². The summed E-state index contributed by atoms with van der Waals surface area (Å²) in [7, 11) is 0. The highest BCUT2D eigenvalue weighted by Crippen LogP contribution is 2.52. The first-order valence-corrected chi connectivity index (χ1v) is 50.1. The van der Waals surface area contributed by atoms with Crippen LogP contribution in [-0.2, 0) is 9.47 Å². The Morgan fingerprint density at radius 3 is 0.727 bits per heavy atom. The van der Waals surface area contributed by atoms with Crippen molar-refractivity contribution in [3.63, 3.8) is 0 Å². The number of fused-ring (bicyclic) bond motifs is 12. The SMILES string of the molecule is CC1(C)CN=C(c2cncc(-c3ccc4c(-c5ccc6ccccc6c5)c5ccccc5c(-c5ccc6ccccc6c5)c4c3)c2)O1.CC1(C)CN=C(c2cncc(-c3ccc4c(-c5ccc6ccccc6c5)c5ccccc5c(-c5ccc6ccccc6c5)c4c3)c2)S1.CC1(C)N=C(c2cncc(-c3ccc4c(-c5ccc6ccccc6c5)c5ccccc5c(-c5ccc6ccccc6c5)c4c3)c2)OC1(C)C. The molecule has 27 rings (SSSR count). The molecule has 143 heavy (non-hydrogen) atoms. The average molecular weight is 1860 g/mol. The number of aliphatic imine (C=N–C) groups is 3. The number of rotatable bonds is 12. The number of hydrogen-bond donors (Lipinski definition) is 0. The minimum absolute atomic E-state index is 0.114. The highest BCUT2D eigenvalue weighted by molar-refractivity contribution is 8.15. The van der Waals surface area contributed by atoms with Crippen LogP contribution in [0.4, 0.5) is 0 Å². The summed E-state index contributed by atoms with van der Waals surface area (Å²) >= 11 is 1.84. The van der Waals surface area contributed by atoms with Crippen molar-refractivity contribution >= 4 is 158 Å². The molecule has 3 aliphatic rings. The molecule has 9 heteroatoms. The van der Waals surface area contributed by atoms with E-state index >= 15 is 0 Å². The summed E-state index contributed by atoms with van der Waals surface area (Å²) in [6.07, 6.45) is 11.5. The number of nitrogens with zero attached hydrogens (tertiary/aromatic N) is 6. The Morgan fingerprint density at radius 2 is 0.455 bits per heavy atom. The minimum Gasteiger partial charge on any atom is -0.469 e. The molecule has 24 aromatic rings. The molecule has 0 unspecified atom stereocenters. The van der Waals surface area contributed by atoms with Crippen molar-refractivity contribution in [2.24, 2.45) is 15.0 Å². The van der Waals surface area contributed by atoms with Gasteiger partial charge in [-0.25, -0.2) is 9.98 Å². The van der Waals surface area contributed by atoms with Crippen molar-refractivity contribution in [1.82, 2.24) is 15.0 Å². The summed E-state index contributed by atoms with van der Waals surface area (Å²) in [5.74, 6) is 1.30. The number of ether oxygens (including phenoxy) is 2. The molecule has 0 aliphatic carbocycles. The van der Waals surface area contributed by atoms with Gasteiger partial charge in [0, 0.05) is 64.2 Å². The first kappa shape index (κ1) is 87.6. The van der Waals surface area contributed by atoms with Gasteiger partial charge in [0.2, 0.25) is 11.8 Å². The van der Waals surface area contributed by atoms with Crippen LogP contribution in [0.25, 0.3) is 229 Å². The van der Waals surface area contributed by atoms with E-state index in [4.69, 9.17) is 24.4 Å². The van der Waals surface area contributed by atoms with Gasteiger partial charge in [0.1, 0.15) is 11.2 Å². The predicted molar refractivity (Wildman–Crippen MR) is 607 cm³/mol. The van der Waals surface area contributed by atoms with Gasteiger partial charge in [0.25, 0.3) is 0 Å². The molecule has 0 atom stereocenters. The van der Waals surface area contributed by atoms with E-state index < -0.39 is 5.60 Å². The fourth-order valence-corrected chi connectivity index (χ4v) is 22.5. The molecule has 21 aromatic carbocycles. The number of thioether (sulfide) groups is 1. The molecule has 0 amide bonds. The zero-order valence-corrected chi connectivity index (χ0v) is 81.7. The highest BCUT2D eigenvalue weighted by atomic mass is 32.2. The number of aromatic nitrogens is 3. The van der Waals surface area contributed by atoms with Crippen molar-refractivity contribution in [2.75, 3.05) is 13.1 Å². The molecule has 0 fully saturated rings. The third-order valence-corrected chi connectivity index (χ3v) is 30.7. The van der Waals surface area contributed by atoms with E-state index in [0.717, 1.165) is 61.7 Å². The molecule has 3 aliphatic heterocycles. The van der Waals surface area contributed by atoms with Gasteiger partial charge in [-0.15, -0.1) is 0 Å². The van der Waals surface area contributed by atoms with E-state index in [1.54, 1.807) is 0 Å². The number of pyridine rings is 3. The molecule has 0 spiro atoms. The van der Waals surface area contributed by atoms with Gasteiger partial charge in [-0.1, -0.05) is 339 Å². The van der Waals surface area contributed by atoms with E-state index in [0.29, 0.717) is 18.3 Å². The van der Waals surface area contributed by atoms with Crippen LogP contribution >= 0.6 is 11.8 Å². The first-order valence-electron chi connectivity index (χ1n) is 49.3. The summed E-state index contributed by atoms with van der Waals surface area (Å²) in [5.41, 5.74) is 23.1. The van der Waals surface area contributed by atoms with E-state index in [1.807, 2.05) is 48.9 Å². The summed E-state index contributed by atoms with van der Waals surface area (Å²) in [5, 5.41) is 30.7. The van der Waals surface area contributed by atoms with Crippen LogP contribution in [-0.4, -0.2) is 66.4 Å². The van der Waals surface area contributed by atoms with Crippen LogP contribution in [0.5, 0.6) is 0 Å². The fourth-order valence-electron chi connectivity index (χ4n) is 21.5. The van der Waals surface area contributed by atoms with Crippen molar-refractivity contribution in [3.8, 4) is 100 Å². The van der Waals surface area contributed by atoms with Gasteiger partial charge in [-0.2, -0.15) is 0 Å². The maximum atomic E-state index is 6.38. The largest absolute Gasteiger partial charge is 0.469 e. The Kier molecular flexibility index (Phi) is 21.6. The maximum Gasteiger partial charge on any atom is 0.218 e. The zero-order valence-electron chi connectivity index (χ0n) is 80.9. The quantitative estimate of drug-likeness (QED) is 0.113. The molecule has 3 aromatic heterocycles. The predicted octanol–water partition coefficient (Wildman–Crippen LogP) is 35.2. The van der Waals surface area contributed by atoms with Gasteiger partial charge in [-0.3, -0.25) is 19.9 Å². The normalized spacial score (nSPS) is 14.5. The van der Waals surface area contributed by atoms with Crippen molar-refractivity contribution in [2.45, 2.75) is 76.9 Å². The third-order valence-electron chi connectivity index (χ3n) is 29.4. The van der Waals surface area contributed by atoms with Crippen molar-refractivity contribution in [3.05, 3.63) is 454 Å². The van der Waals surface area contributed by atoms with Gasteiger partial charge < -0.3 is 9.47 Å².